The first-order valence-electron chi connectivity index (χ1n) is 12.9. The third kappa shape index (κ3) is 5.74. The predicted octanol–water partition coefficient (Wildman–Crippen LogP) is 4.14. The van der Waals surface area contributed by atoms with Crippen LogP contribution in [0.4, 0.5) is 11.6 Å². The van der Waals surface area contributed by atoms with Crippen molar-refractivity contribution in [3.05, 3.63) is 65.2 Å². The number of benzene rings is 1. The molecule has 0 atom stereocenters. The maximum Gasteiger partial charge on any atom is 0.267 e. The molecule has 1 aliphatic heterocycles. The molecule has 13 heteroatoms. The molecule has 1 saturated heterocycles. The summed E-state index contributed by atoms with van der Waals surface area (Å²) in [6.45, 7) is 7.44. The molecule has 1 aromatic carbocycles. The summed E-state index contributed by atoms with van der Waals surface area (Å²) in [6.07, 6.45) is 6.58. The molecule has 5 rings (SSSR count). The summed E-state index contributed by atoms with van der Waals surface area (Å²) in [4.78, 5) is 17.8. The van der Waals surface area contributed by atoms with Crippen LogP contribution in [0, 0.1) is 6.92 Å². The number of piperazine rings is 1. The Bertz CT molecular complexity index is 1630. The van der Waals surface area contributed by atoms with E-state index in [4.69, 9.17) is 16.3 Å². The molecule has 11 nitrogen and oxygen atoms in total. The lowest BCUT2D eigenvalue weighted by atomic mass is 10.0. The first kappa shape index (κ1) is 27.8. The predicted molar refractivity (Wildman–Crippen MR) is 155 cm³/mol. The number of hydrogen-bond donors (Lipinski definition) is 1. The van der Waals surface area contributed by atoms with Crippen LogP contribution in [-0.2, 0) is 23.5 Å². The van der Waals surface area contributed by atoms with E-state index in [1.165, 1.54) is 17.1 Å². The second-order valence-corrected chi connectivity index (χ2v) is 11.7. The van der Waals surface area contributed by atoms with Gasteiger partial charge in [-0.25, -0.2) is 18.1 Å². The maximum absolute atomic E-state index is 13.1. The van der Waals surface area contributed by atoms with Crippen LogP contribution in [0.25, 0.3) is 11.3 Å². The highest BCUT2D eigenvalue weighted by molar-refractivity contribution is 7.92. The van der Waals surface area contributed by atoms with Gasteiger partial charge in [0.2, 0.25) is 11.8 Å². The molecule has 3 aromatic heterocycles. The van der Waals surface area contributed by atoms with Crippen molar-refractivity contribution in [2.75, 3.05) is 42.8 Å². The van der Waals surface area contributed by atoms with Gasteiger partial charge in [0.15, 0.2) is 0 Å². The number of anilines is 2. The molecular formula is C27H31ClN8O3S. The molecule has 4 heterocycles. The van der Waals surface area contributed by atoms with E-state index in [-0.39, 0.29) is 16.7 Å². The first-order valence-corrected chi connectivity index (χ1v) is 14.8. The third-order valence-electron chi connectivity index (χ3n) is 6.81. The van der Waals surface area contributed by atoms with E-state index in [1.807, 2.05) is 32.0 Å². The number of pyridine rings is 1. The molecule has 210 valence electrons. The molecule has 0 amide bonds. The van der Waals surface area contributed by atoms with Crippen molar-refractivity contribution in [3.63, 3.8) is 0 Å². The fourth-order valence-electron chi connectivity index (χ4n) is 4.56. The molecule has 4 aromatic rings. The van der Waals surface area contributed by atoms with Gasteiger partial charge < -0.3 is 14.5 Å². The lowest BCUT2D eigenvalue weighted by Crippen LogP contribution is -2.44. The number of aryl methyl sites for hydroxylation is 2. The van der Waals surface area contributed by atoms with Gasteiger partial charge in [0.1, 0.15) is 15.7 Å². The Kier molecular flexibility index (Phi) is 7.92. The average Bonchev–Trinajstić information content (AvgIpc) is 3.38. The minimum atomic E-state index is -4.01. The summed E-state index contributed by atoms with van der Waals surface area (Å²) < 4.78 is 36.5. The number of nitrogens with one attached hydrogen (secondary N) is 1. The van der Waals surface area contributed by atoms with Gasteiger partial charge in [-0.05, 0) is 44.2 Å². The second kappa shape index (κ2) is 11.4. The molecule has 1 N–H and O–H groups in total. The Hall–Kier alpha value is -3.74. The Labute approximate surface area is 238 Å². The minimum absolute atomic E-state index is 0.00907. The topological polar surface area (TPSA) is 118 Å². The fourth-order valence-corrected chi connectivity index (χ4v) is 5.78. The number of rotatable bonds is 8. The number of sulfonamides is 1. The number of likely N-dealkylation sites (N-methyl/N-ethyl adjacent to an activating group) is 1. The van der Waals surface area contributed by atoms with Crippen molar-refractivity contribution in [1.29, 1.82) is 0 Å². The van der Waals surface area contributed by atoms with Crippen molar-refractivity contribution >= 4 is 33.3 Å². The molecular weight excluding hydrogens is 552 g/mol. The Morgan fingerprint density at radius 3 is 2.52 bits per heavy atom. The van der Waals surface area contributed by atoms with Gasteiger partial charge in [-0.15, -0.1) is 0 Å². The largest absolute Gasteiger partial charge is 0.437 e. The summed E-state index contributed by atoms with van der Waals surface area (Å²) in [5.74, 6) is 0.503. The van der Waals surface area contributed by atoms with Crippen molar-refractivity contribution < 1.29 is 13.2 Å². The van der Waals surface area contributed by atoms with E-state index in [0.717, 1.165) is 43.0 Å². The highest BCUT2D eigenvalue weighted by Crippen LogP contribution is 2.40. The number of nitrogens with zero attached hydrogens (tertiary/aromatic N) is 7. The zero-order chi connectivity index (χ0) is 28.4. The molecule has 0 spiro atoms. The van der Waals surface area contributed by atoms with E-state index in [2.05, 4.69) is 41.6 Å². The maximum atomic E-state index is 13.1. The molecule has 0 aliphatic carbocycles. The molecule has 40 heavy (non-hydrogen) atoms. The van der Waals surface area contributed by atoms with Gasteiger partial charge in [-0.1, -0.05) is 24.6 Å². The van der Waals surface area contributed by atoms with Gasteiger partial charge in [0, 0.05) is 62.9 Å². The average molecular weight is 583 g/mol. The smallest absolute Gasteiger partial charge is 0.267 e. The normalized spacial score (nSPS) is 14.4. The van der Waals surface area contributed by atoms with Crippen LogP contribution in [0.5, 0.6) is 11.6 Å². The van der Waals surface area contributed by atoms with E-state index >= 15 is 0 Å². The van der Waals surface area contributed by atoms with E-state index in [9.17, 15) is 8.42 Å². The molecule has 0 saturated carbocycles. The lowest BCUT2D eigenvalue weighted by Gasteiger charge is -2.34. The van der Waals surface area contributed by atoms with Crippen molar-refractivity contribution in [2.24, 2.45) is 7.05 Å². The van der Waals surface area contributed by atoms with Crippen LogP contribution >= 0.6 is 11.6 Å². The standard InChI is InChI=1S/C27H31ClN8O3S/c1-5-20-25(21-9-10-29-15-18(21)2)31-27(33-40(37,38)19-16-30-35(4)17-19)32-26(20)39-23-8-6-7-22(24(23)28)36-13-11-34(3)12-14-36/h6-10,15-17H,5,11-14H2,1-4H3,(H,31,32,33). The van der Waals surface area contributed by atoms with Crippen molar-refractivity contribution in [3.8, 4) is 22.9 Å². The minimum Gasteiger partial charge on any atom is -0.437 e. The number of aromatic nitrogens is 5. The van der Waals surface area contributed by atoms with E-state index < -0.39 is 10.0 Å². The van der Waals surface area contributed by atoms with Crippen molar-refractivity contribution in [1.82, 2.24) is 29.6 Å². The summed E-state index contributed by atoms with van der Waals surface area (Å²) in [6, 6.07) is 7.48. The summed E-state index contributed by atoms with van der Waals surface area (Å²) in [7, 11) is -0.268. The van der Waals surface area contributed by atoms with Crippen LogP contribution in [0.15, 0.2) is 53.9 Å². The summed E-state index contributed by atoms with van der Waals surface area (Å²) in [5.41, 5.74) is 3.79. The Morgan fingerprint density at radius 1 is 1.07 bits per heavy atom. The highest BCUT2D eigenvalue weighted by Gasteiger charge is 2.24. The quantitative estimate of drug-likeness (QED) is 0.327. The number of hydrogen-bond acceptors (Lipinski definition) is 9. The van der Waals surface area contributed by atoms with Crippen LogP contribution in [0.1, 0.15) is 18.1 Å². The third-order valence-corrected chi connectivity index (χ3v) is 8.47. The molecule has 0 radical (unpaired) electrons. The van der Waals surface area contributed by atoms with Crippen LogP contribution < -0.4 is 14.4 Å². The van der Waals surface area contributed by atoms with Crippen LogP contribution in [-0.4, -0.2) is 71.3 Å². The summed E-state index contributed by atoms with van der Waals surface area (Å²) >= 11 is 6.88. The van der Waals surface area contributed by atoms with Crippen molar-refractivity contribution in [2.45, 2.75) is 25.2 Å². The monoisotopic (exact) mass is 582 g/mol. The Balaban J connectivity index is 1.59. The second-order valence-electron chi connectivity index (χ2n) is 9.66. The van der Waals surface area contributed by atoms with Crippen LogP contribution in [0.3, 0.4) is 0 Å². The molecule has 1 aliphatic rings. The molecule has 0 bridgehead atoms. The fraction of sp³-hybridized carbons (Fsp3) is 0.333. The number of halogens is 1. The van der Waals surface area contributed by atoms with Gasteiger partial charge in [-0.3, -0.25) is 9.67 Å². The SMILES string of the molecule is CCc1c(Oc2cccc(N3CCN(C)CC3)c2Cl)nc(NS(=O)(=O)c2cnn(C)c2)nc1-c1ccncc1C. The molecule has 0 unspecified atom stereocenters. The Morgan fingerprint density at radius 2 is 1.85 bits per heavy atom. The summed E-state index contributed by atoms with van der Waals surface area (Å²) in [5, 5.41) is 4.43. The van der Waals surface area contributed by atoms with Gasteiger partial charge in [0.25, 0.3) is 10.0 Å². The van der Waals surface area contributed by atoms with E-state index in [0.29, 0.717) is 28.5 Å². The molecule has 1 fully saturated rings. The highest BCUT2D eigenvalue weighted by atomic mass is 35.5. The zero-order valence-corrected chi connectivity index (χ0v) is 24.4. The van der Waals surface area contributed by atoms with E-state index in [1.54, 1.807) is 25.5 Å². The number of ether oxygens (including phenoxy) is 1. The van der Waals surface area contributed by atoms with Gasteiger partial charge in [0.05, 0.1) is 17.6 Å². The van der Waals surface area contributed by atoms with Crippen LogP contribution in [0.2, 0.25) is 5.02 Å². The van der Waals surface area contributed by atoms with Gasteiger partial charge in [-0.2, -0.15) is 10.1 Å². The zero-order valence-electron chi connectivity index (χ0n) is 22.8. The van der Waals surface area contributed by atoms with Gasteiger partial charge >= 0.3 is 0 Å². The first-order chi connectivity index (χ1) is 19.2. The lowest BCUT2D eigenvalue weighted by molar-refractivity contribution is 0.313.